The van der Waals surface area contributed by atoms with Crippen molar-refractivity contribution in [3.63, 3.8) is 0 Å². The SMILES string of the molecule is N#Cc1ncccc1NC[C@H]1CC[C@@H](c2ncn[nH]2)O1. The minimum atomic E-state index is -0.0198. The molecule has 0 amide bonds. The van der Waals surface area contributed by atoms with E-state index in [2.05, 4.69) is 31.6 Å². The number of nitrogens with one attached hydrogen (secondary N) is 2. The van der Waals surface area contributed by atoms with Crippen LogP contribution >= 0.6 is 0 Å². The molecule has 2 atom stereocenters. The molecule has 3 rings (SSSR count). The van der Waals surface area contributed by atoms with Crippen LogP contribution in [0.1, 0.15) is 30.5 Å². The molecule has 2 aromatic heterocycles. The molecule has 1 aliphatic heterocycles. The summed E-state index contributed by atoms with van der Waals surface area (Å²) < 4.78 is 5.90. The average molecular weight is 270 g/mol. The van der Waals surface area contributed by atoms with Gasteiger partial charge in [-0.15, -0.1) is 0 Å². The third kappa shape index (κ3) is 2.60. The van der Waals surface area contributed by atoms with Crippen molar-refractivity contribution in [3.8, 4) is 6.07 Å². The second-order valence-corrected chi connectivity index (χ2v) is 4.59. The lowest BCUT2D eigenvalue weighted by Gasteiger charge is -2.14. The zero-order chi connectivity index (χ0) is 13.8. The molecule has 0 spiro atoms. The van der Waals surface area contributed by atoms with Crippen LogP contribution in [0.5, 0.6) is 0 Å². The maximum Gasteiger partial charge on any atom is 0.163 e. The molecule has 0 unspecified atom stereocenters. The fourth-order valence-electron chi connectivity index (χ4n) is 2.29. The van der Waals surface area contributed by atoms with Crippen LogP contribution < -0.4 is 5.32 Å². The van der Waals surface area contributed by atoms with E-state index in [0.717, 1.165) is 24.4 Å². The molecule has 0 aromatic carbocycles. The van der Waals surface area contributed by atoms with Crippen LogP contribution in [0.3, 0.4) is 0 Å². The van der Waals surface area contributed by atoms with Gasteiger partial charge in [0.1, 0.15) is 18.5 Å². The van der Waals surface area contributed by atoms with Gasteiger partial charge in [0.25, 0.3) is 0 Å². The van der Waals surface area contributed by atoms with Gasteiger partial charge in [-0.1, -0.05) is 0 Å². The zero-order valence-electron chi connectivity index (χ0n) is 10.8. The second-order valence-electron chi connectivity index (χ2n) is 4.59. The van der Waals surface area contributed by atoms with Crippen LogP contribution in [0, 0.1) is 11.3 Å². The average Bonchev–Trinajstić information content (AvgIpc) is 3.16. The summed E-state index contributed by atoms with van der Waals surface area (Å²) in [6.07, 6.45) is 5.03. The Kier molecular flexibility index (Phi) is 3.56. The van der Waals surface area contributed by atoms with E-state index in [9.17, 15) is 0 Å². The third-order valence-electron chi connectivity index (χ3n) is 3.28. The normalized spacial score (nSPS) is 21.6. The summed E-state index contributed by atoms with van der Waals surface area (Å²) in [5.74, 6) is 0.770. The number of ether oxygens (including phenoxy) is 1. The maximum absolute atomic E-state index is 8.97. The lowest BCUT2D eigenvalue weighted by Crippen LogP contribution is -2.19. The van der Waals surface area contributed by atoms with E-state index in [0.29, 0.717) is 12.2 Å². The van der Waals surface area contributed by atoms with E-state index < -0.39 is 0 Å². The molecule has 0 bridgehead atoms. The summed E-state index contributed by atoms with van der Waals surface area (Å²) in [5.41, 5.74) is 1.14. The monoisotopic (exact) mass is 270 g/mol. The Hall–Kier alpha value is -2.46. The van der Waals surface area contributed by atoms with Crippen LogP contribution in [-0.2, 0) is 4.74 Å². The number of anilines is 1. The van der Waals surface area contributed by atoms with Crippen molar-refractivity contribution in [3.05, 3.63) is 36.2 Å². The predicted octanol–water partition coefficient (Wildman–Crippen LogP) is 1.40. The molecule has 7 nitrogen and oxygen atoms in total. The Labute approximate surface area is 116 Å². The number of nitrogens with zero attached hydrogens (tertiary/aromatic N) is 4. The number of hydrogen-bond donors (Lipinski definition) is 2. The highest BCUT2D eigenvalue weighted by Crippen LogP contribution is 2.30. The van der Waals surface area contributed by atoms with E-state index in [1.54, 1.807) is 12.3 Å². The summed E-state index contributed by atoms with van der Waals surface area (Å²) in [6.45, 7) is 0.644. The summed E-state index contributed by atoms with van der Waals surface area (Å²) in [4.78, 5) is 8.12. The van der Waals surface area contributed by atoms with E-state index >= 15 is 0 Å². The van der Waals surface area contributed by atoms with Gasteiger partial charge in [0.2, 0.25) is 0 Å². The Bertz CT molecular complexity index is 606. The number of pyridine rings is 1. The number of nitriles is 1. The topological polar surface area (TPSA) is 99.5 Å². The first-order chi connectivity index (χ1) is 9.86. The lowest BCUT2D eigenvalue weighted by atomic mass is 10.2. The van der Waals surface area contributed by atoms with E-state index in [-0.39, 0.29) is 12.2 Å². The Morgan fingerprint density at radius 2 is 2.40 bits per heavy atom. The standard InChI is InChI=1S/C13H14N6O/c14-6-11-10(2-1-5-15-11)16-7-9-3-4-12(20-9)13-17-8-18-19-13/h1-2,5,8-9,12,16H,3-4,7H2,(H,17,18,19)/t9-,12+/m1/s1. The highest BCUT2D eigenvalue weighted by molar-refractivity contribution is 5.53. The quantitative estimate of drug-likeness (QED) is 0.871. The molecule has 1 saturated heterocycles. The first kappa shape index (κ1) is 12.6. The number of aromatic amines is 1. The molecule has 20 heavy (non-hydrogen) atoms. The number of aromatic nitrogens is 4. The van der Waals surface area contributed by atoms with Crippen molar-refractivity contribution in [2.45, 2.75) is 25.0 Å². The molecule has 7 heteroatoms. The summed E-state index contributed by atoms with van der Waals surface area (Å²) in [5, 5.41) is 18.9. The van der Waals surface area contributed by atoms with Gasteiger partial charge < -0.3 is 10.1 Å². The molecule has 1 aliphatic rings. The smallest absolute Gasteiger partial charge is 0.163 e. The van der Waals surface area contributed by atoms with Gasteiger partial charge in [0.05, 0.1) is 11.8 Å². The van der Waals surface area contributed by atoms with Crippen LogP contribution in [0.15, 0.2) is 24.7 Å². The molecule has 3 heterocycles. The van der Waals surface area contributed by atoms with Crippen LogP contribution in [0.2, 0.25) is 0 Å². The van der Waals surface area contributed by atoms with Crippen molar-refractivity contribution >= 4 is 5.69 Å². The zero-order valence-corrected chi connectivity index (χ0v) is 10.8. The van der Waals surface area contributed by atoms with Crippen LogP contribution in [0.4, 0.5) is 5.69 Å². The van der Waals surface area contributed by atoms with Gasteiger partial charge in [-0.25, -0.2) is 9.97 Å². The van der Waals surface area contributed by atoms with E-state index in [1.807, 2.05) is 6.07 Å². The fourth-order valence-corrected chi connectivity index (χ4v) is 2.29. The molecule has 2 N–H and O–H groups in total. The van der Waals surface area contributed by atoms with Gasteiger partial charge in [0.15, 0.2) is 11.5 Å². The van der Waals surface area contributed by atoms with Crippen molar-refractivity contribution in [1.29, 1.82) is 5.26 Å². The van der Waals surface area contributed by atoms with E-state index in [1.165, 1.54) is 6.33 Å². The predicted molar refractivity (Wildman–Crippen MR) is 70.7 cm³/mol. The largest absolute Gasteiger partial charge is 0.380 e. The molecular formula is C13H14N6O. The number of H-pyrrole nitrogens is 1. The maximum atomic E-state index is 8.97. The molecule has 0 aliphatic carbocycles. The lowest BCUT2D eigenvalue weighted by molar-refractivity contribution is 0.0472. The fraction of sp³-hybridized carbons (Fsp3) is 0.385. The highest BCUT2D eigenvalue weighted by Gasteiger charge is 2.28. The van der Waals surface area contributed by atoms with Crippen LogP contribution in [0.25, 0.3) is 0 Å². The molecule has 1 fully saturated rings. The van der Waals surface area contributed by atoms with Crippen molar-refractivity contribution in [1.82, 2.24) is 20.2 Å². The minimum absolute atomic E-state index is 0.0198. The molecule has 0 radical (unpaired) electrons. The van der Waals surface area contributed by atoms with Crippen molar-refractivity contribution in [2.75, 3.05) is 11.9 Å². The number of rotatable bonds is 4. The van der Waals surface area contributed by atoms with Gasteiger partial charge in [0, 0.05) is 12.7 Å². The first-order valence-corrected chi connectivity index (χ1v) is 6.46. The summed E-state index contributed by atoms with van der Waals surface area (Å²) in [6, 6.07) is 5.71. The minimum Gasteiger partial charge on any atom is -0.380 e. The summed E-state index contributed by atoms with van der Waals surface area (Å²) >= 11 is 0. The molecule has 102 valence electrons. The molecular weight excluding hydrogens is 256 g/mol. The third-order valence-corrected chi connectivity index (χ3v) is 3.28. The first-order valence-electron chi connectivity index (χ1n) is 6.46. The van der Waals surface area contributed by atoms with Gasteiger partial charge in [-0.2, -0.15) is 10.4 Å². The van der Waals surface area contributed by atoms with Gasteiger partial charge in [-0.05, 0) is 25.0 Å². The van der Waals surface area contributed by atoms with Crippen molar-refractivity contribution < 1.29 is 4.74 Å². The highest BCUT2D eigenvalue weighted by atomic mass is 16.5. The van der Waals surface area contributed by atoms with Gasteiger partial charge in [-0.3, -0.25) is 5.10 Å². The Balaban J connectivity index is 1.57. The number of hydrogen-bond acceptors (Lipinski definition) is 6. The van der Waals surface area contributed by atoms with Crippen molar-refractivity contribution in [2.24, 2.45) is 0 Å². The Morgan fingerprint density at radius 1 is 1.45 bits per heavy atom. The molecule has 0 saturated carbocycles. The van der Waals surface area contributed by atoms with E-state index in [4.69, 9.17) is 10.00 Å². The second kappa shape index (κ2) is 5.67. The summed E-state index contributed by atoms with van der Waals surface area (Å²) in [7, 11) is 0. The molecule has 2 aromatic rings. The Morgan fingerprint density at radius 3 is 3.20 bits per heavy atom. The van der Waals surface area contributed by atoms with Gasteiger partial charge >= 0.3 is 0 Å². The van der Waals surface area contributed by atoms with Crippen LogP contribution in [-0.4, -0.2) is 32.8 Å².